The minimum absolute atomic E-state index is 0.0419. The number of hydrogen-bond donors (Lipinski definition) is 1. The van der Waals surface area contributed by atoms with Gasteiger partial charge in [0.25, 0.3) is 5.91 Å². The number of hydrazone groups is 1. The number of likely N-dealkylation sites (tertiary alicyclic amines) is 1. The SMILES string of the molecule is Cc1ccccc1C(=O)N1CCC(C(=O)N/N=C\c2ccc(Br)cc2)CC1. The second-order valence-electron chi connectivity index (χ2n) is 6.67. The van der Waals surface area contributed by atoms with Gasteiger partial charge in [-0.1, -0.05) is 46.3 Å². The highest BCUT2D eigenvalue weighted by Crippen LogP contribution is 2.20. The van der Waals surface area contributed by atoms with Crippen LogP contribution in [0.15, 0.2) is 58.1 Å². The number of rotatable bonds is 4. The lowest BCUT2D eigenvalue weighted by atomic mass is 9.95. The van der Waals surface area contributed by atoms with Crippen molar-refractivity contribution >= 4 is 34.0 Å². The molecule has 1 aliphatic heterocycles. The molecule has 0 spiro atoms. The van der Waals surface area contributed by atoms with Crippen molar-refractivity contribution in [1.82, 2.24) is 10.3 Å². The van der Waals surface area contributed by atoms with Gasteiger partial charge in [-0.2, -0.15) is 5.10 Å². The highest BCUT2D eigenvalue weighted by Gasteiger charge is 2.28. The Balaban J connectivity index is 1.50. The van der Waals surface area contributed by atoms with E-state index in [9.17, 15) is 9.59 Å². The zero-order chi connectivity index (χ0) is 19.2. The Morgan fingerprint density at radius 1 is 1.11 bits per heavy atom. The highest BCUT2D eigenvalue weighted by atomic mass is 79.9. The van der Waals surface area contributed by atoms with Crippen LogP contribution in [0, 0.1) is 12.8 Å². The van der Waals surface area contributed by atoms with E-state index in [1.165, 1.54) is 0 Å². The average molecular weight is 428 g/mol. The first-order valence-electron chi connectivity index (χ1n) is 8.98. The molecule has 3 rings (SSSR count). The Labute approximate surface area is 167 Å². The lowest BCUT2D eigenvalue weighted by Gasteiger charge is -2.31. The summed E-state index contributed by atoms with van der Waals surface area (Å²) in [5, 5.41) is 4.04. The maximum absolute atomic E-state index is 12.6. The molecule has 1 aliphatic rings. The summed E-state index contributed by atoms with van der Waals surface area (Å²) in [6, 6.07) is 15.3. The van der Waals surface area contributed by atoms with Crippen molar-refractivity contribution in [2.24, 2.45) is 11.0 Å². The molecule has 1 N–H and O–H groups in total. The third-order valence-electron chi connectivity index (χ3n) is 4.79. The molecule has 0 unspecified atom stereocenters. The van der Waals surface area contributed by atoms with Gasteiger partial charge in [0.05, 0.1) is 6.21 Å². The summed E-state index contributed by atoms with van der Waals surface area (Å²) >= 11 is 3.38. The molecule has 6 heteroatoms. The first kappa shape index (κ1) is 19.3. The lowest BCUT2D eigenvalue weighted by Crippen LogP contribution is -2.42. The van der Waals surface area contributed by atoms with E-state index in [4.69, 9.17) is 0 Å². The van der Waals surface area contributed by atoms with E-state index in [1.807, 2.05) is 60.4 Å². The van der Waals surface area contributed by atoms with E-state index in [1.54, 1.807) is 6.21 Å². The normalized spacial score (nSPS) is 15.1. The van der Waals surface area contributed by atoms with Crippen LogP contribution in [-0.2, 0) is 4.79 Å². The van der Waals surface area contributed by atoms with Crippen molar-refractivity contribution in [2.45, 2.75) is 19.8 Å². The fourth-order valence-corrected chi connectivity index (χ4v) is 3.40. The molecule has 0 atom stereocenters. The molecule has 0 radical (unpaired) electrons. The summed E-state index contributed by atoms with van der Waals surface area (Å²) in [5.74, 6) is -0.167. The van der Waals surface area contributed by atoms with Gasteiger partial charge in [0.1, 0.15) is 0 Å². The first-order valence-corrected chi connectivity index (χ1v) is 9.77. The predicted molar refractivity (Wildman–Crippen MR) is 110 cm³/mol. The molecule has 27 heavy (non-hydrogen) atoms. The molecule has 0 saturated carbocycles. The molecule has 5 nitrogen and oxygen atoms in total. The van der Waals surface area contributed by atoms with Crippen LogP contribution < -0.4 is 5.43 Å². The Kier molecular flexibility index (Phi) is 6.40. The maximum Gasteiger partial charge on any atom is 0.254 e. The number of piperidine rings is 1. The van der Waals surface area contributed by atoms with E-state index in [2.05, 4.69) is 26.5 Å². The molecule has 0 bridgehead atoms. The van der Waals surface area contributed by atoms with Crippen molar-refractivity contribution in [1.29, 1.82) is 0 Å². The predicted octanol–water partition coefficient (Wildman–Crippen LogP) is 3.76. The van der Waals surface area contributed by atoms with E-state index >= 15 is 0 Å². The molecular weight excluding hydrogens is 406 g/mol. The Bertz CT molecular complexity index is 841. The van der Waals surface area contributed by atoms with Crippen LogP contribution in [0.4, 0.5) is 0 Å². The number of carbonyl (C=O) groups is 2. The van der Waals surface area contributed by atoms with Crippen LogP contribution in [-0.4, -0.2) is 36.0 Å². The van der Waals surface area contributed by atoms with Gasteiger partial charge in [-0.15, -0.1) is 0 Å². The first-order chi connectivity index (χ1) is 13.0. The van der Waals surface area contributed by atoms with Crippen molar-refractivity contribution in [3.8, 4) is 0 Å². The molecule has 140 valence electrons. The van der Waals surface area contributed by atoms with E-state index in [-0.39, 0.29) is 17.7 Å². The topological polar surface area (TPSA) is 61.8 Å². The fourth-order valence-electron chi connectivity index (χ4n) is 3.14. The second kappa shape index (κ2) is 8.95. The zero-order valence-corrected chi connectivity index (χ0v) is 16.8. The van der Waals surface area contributed by atoms with Gasteiger partial charge in [0, 0.05) is 29.0 Å². The number of benzene rings is 2. The van der Waals surface area contributed by atoms with Crippen molar-refractivity contribution in [3.05, 3.63) is 69.7 Å². The van der Waals surface area contributed by atoms with Gasteiger partial charge in [0.15, 0.2) is 0 Å². The number of hydrogen-bond acceptors (Lipinski definition) is 3. The fraction of sp³-hybridized carbons (Fsp3) is 0.286. The molecular formula is C21H22BrN3O2. The summed E-state index contributed by atoms with van der Waals surface area (Å²) < 4.78 is 0.996. The summed E-state index contributed by atoms with van der Waals surface area (Å²) in [6.07, 6.45) is 2.93. The smallest absolute Gasteiger partial charge is 0.254 e. The number of nitrogens with zero attached hydrogens (tertiary/aromatic N) is 2. The second-order valence-corrected chi connectivity index (χ2v) is 7.58. The lowest BCUT2D eigenvalue weighted by molar-refractivity contribution is -0.126. The summed E-state index contributed by atoms with van der Waals surface area (Å²) in [5.41, 5.74) is 5.24. The Morgan fingerprint density at radius 3 is 2.44 bits per heavy atom. The minimum atomic E-state index is -0.118. The van der Waals surface area contributed by atoms with Gasteiger partial charge in [-0.25, -0.2) is 5.43 Å². The van der Waals surface area contributed by atoms with Crippen LogP contribution in [0.3, 0.4) is 0 Å². The summed E-state index contributed by atoms with van der Waals surface area (Å²) in [6.45, 7) is 3.11. The molecule has 1 heterocycles. The van der Waals surface area contributed by atoms with Gasteiger partial charge < -0.3 is 4.90 Å². The van der Waals surface area contributed by atoms with Crippen molar-refractivity contribution in [3.63, 3.8) is 0 Å². The average Bonchev–Trinajstić information content (AvgIpc) is 2.69. The van der Waals surface area contributed by atoms with Crippen LogP contribution in [0.1, 0.15) is 34.3 Å². The van der Waals surface area contributed by atoms with E-state index in [0.717, 1.165) is 21.2 Å². The monoisotopic (exact) mass is 427 g/mol. The maximum atomic E-state index is 12.6. The van der Waals surface area contributed by atoms with Gasteiger partial charge in [0.2, 0.25) is 5.91 Å². The minimum Gasteiger partial charge on any atom is -0.339 e. The third kappa shape index (κ3) is 5.04. The molecule has 1 saturated heterocycles. The molecule has 1 fully saturated rings. The van der Waals surface area contributed by atoms with Crippen molar-refractivity contribution < 1.29 is 9.59 Å². The van der Waals surface area contributed by atoms with Crippen LogP contribution in [0.2, 0.25) is 0 Å². The Morgan fingerprint density at radius 2 is 1.78 bits per heavy atom. The standard InChI is InChI=1S/C21H22BrN3O2/c1-15-4-2-3-5-19(15)21(27)25-12-10-17(11-13-25)20(26)24-23-14-16-6-8-18(22)9-7-16/h2-9,14,17H,10-13H2,1H3,(H,24,26)/b23-14-. The van der Waals surface area contributed by atoms with Crippen LogP contribution >= 0.6 is 15.9 Å². The summed E-state index contributed by atoms with van der Waals surface area (Å²) in [7, 11) is 0. The molecule has 0 aromatic heterocycles. The summed E-state index contributed by atoms with van der Waals surface area (Å²) in [4.78, 5) is 26.8. The molecule has 2 amide bonds. The molecule has 0 aliphatic carbocycles. The van der Waals surface area contributed by atoms with E-state index < -0.39 is 0 Å². The third-order valence-corrected chi connectivity index (χ3v) is 5.32. The van der Waals surface area contributed by atoms with E-state index in [0.29, 0.717) is 25.9 Å². The van der Waals surface area contributed by atoms with Crippen LogP contribution in [0.5, 0.6) is 0 Å². The number of amides is 2. The number of halogens is 1. The van der Waals surface area contributed by atoms with Crippen molar-refractivity contribution in [2.75, 3.05) is 13.1 Å². The van der Waals surface area contributed by atoms with Gasteiger partial charge in [-0.3, -0.25) is 9.59 Å². The zero-order valence-electron chi connectivity index (χ0n) is 15.2. The largest absolute Gasteiger partial charge is 0.339 e. The van der Waals surface area contributed by atoms with Gasteiger partial charge in [-0.05, 0) is 49.1 Å². The van der Waals surface area contributed by atoms with Crippen LogP contribution in [0.25, 0.3) is 0 Å². The number of nitrogens with one attached hydrogen (secondary N) is 1. The Hall–Kier alpha value is -2.47. The molecule has 2 aromatic carbocycles. The highest BCUT2D eigenvalue weighted by molar-refractivity contribution is 9.10. The van der Waals surface area contributed by atoms with Gasteiger partial charge >= 0.3 is 0 Å². The number of carbonyl (C=O) groups excluding carboxylic acids is 2. The quantitative estimate of drug-likeness (QED) is 0.596. The number of aryl methyl sites for hydroxylation is 1. The molecule has 2 aromatic rings.